The number of carbonyl (C=O) groups is 1. The summed E-state index contributed by atoms with van der Waals surface area (Å²) in [5.41, 5.74) is 2.48. The largest absolute Gasteiger partial charge is 0.396 e. The number of rotatable bonds is 5. The van der Waals surface area contributed by atoms with E-state index in [0.717, 1.165) is 25.7 Å². The number of amides is 1. The summed E-state index contributed by atoms with van der Waals surface area (Å²) in [6.45, 7) is 2.26. The molecule has 2 rings (SSSR count). The molecule has 1 aliphatic rings. The second-order valence-electron chi connectivity index (χ2n) is 5.47. The molecule has 1 amide bonds. The maximum absolute atomic E-state index is 12.0. The second kappa shape index (κ2) is 6.71. The molecule has 1 aliphatic carbocycles. The van der Waals surface area contributed by atoms with Gasteiger partial charge in [0.25, 0.3) is 0 Å². The first-order valence-corrected chi connectivity index (χ1v) is 7.15. The van der Waals surface area contributed by atoms with Crippen molar-refractivity contribution >= 4 is 5.91 Å². The van der Waals surface area contributed by atoms with E-state index < -0.39 is 0 Å². The second-order valence-corrected chi connectivity index (χ2v) is 5.47. The van der Waals surface area contributed by atoms with Crippen molar-refractivity contribution in [1.29, 1.82) is 0 Å². The normalized spacial score (nSPS) is 22.4. The van der Waals surface area contributed by atoms with Crippen LogP contribution in [0.4, 0.5) is 0 Å². The maximum atomic E-state index is 12.0. The van der Waals surface area contributed by atoms with Gasteiger partial charge in [0, 0.05) is 25.0 Å². The zero-order valence-corrected chi connectivity index (χ0v) is 11.6. The number of aryl methyl sites for hydroxylation is 2. The van der Waals surface area contributed by atoms with Gasteiger partial charge in [0.1, 0.15) is 0 Å². The molecule has 0 bridgehead atoms. The molecule has 0 aliphatic heterocycles. The molecule has 19 heavy (non-hydrogen) atoms. The summed E-state index contributed by atoms with van der Waals surface area (Å²) in [5.74, 6) is 0.357. The van der Waals surface area contributed by atoms with Crippen molar-refractivity contribution in [3.05, 3.63) is 35.4 Å². The standard InChI is InChI=1S/C16H23NO2/c1-12-5-2-3-6-13(12)9-10-16(19)17-15-8-4-7-14(15)11-18/h2-3,5-6,14-15,18H,4,7-11H2,1H3,(H,17,19). The highest BCUT2D eigenvalue weighted by Gasteiger charge is 2.27. The Morgan fingerprint density at radius 2 is 2.16 bits per heavy atom. The molecule has 0 saturated heterocycles. The highest BCUT2D eigenvalue weighted by atomic mass is 16.3. The Hall–Kier alpha value is -1.35. The van der Waals surface area contributed by atoms with Gasteiger partial charge in [-0.3, -0.25) is 4.79 Å². The van der Waals surface area contributed by atoms with Crippen molar-refractivity contribution in [3.63, 3.8) is 0 Å². The SMILES string of the molecule is Cc1ccccc1CCC(=O)NC1CCCC1CO. The number of hydrogen-bond acceptors (Lipinski definition) is 2. The van der Waals surface area contributed by atoms with E-state index in [2.05, 4.69) is 24.4 Å². The van der Waals surface area contributed by atoms with Gasteiger partial charge in [-0.1, -0.05) is 30.7 Å². The van der Waals surface area contributed by atoms with Gasteiger partial charge in [-0.15, -0.1) is 0 Å². The highest BCUT2D eigenvalue weighted by molar-refractivity contribution is 5.76. The molecule has 2 N–H and O–H groups in total. The Morgan fingerprint density at radius 3 is 2.89 bits per heavy atom. The van der Waals surface area contributed by atoms with E-state index in [9.17, 15) is 9.90 Å². The molecule has 0 heterocycles. The fourth-order valence-corrected chi connectivity index (χ4v) is 2.86. The van der Waals surface area contributed by atoms with Crippen LogP contribution in [-0.4, -0.2) is 23.7 Å². The highest BCUT2D eigenvalue weighted by Crippen LogP contribution is 2.25. The fraction of sp³-hybridized carbons (Fsp3) is 0.562. The van der Waals surface area contributed by atoms with Gasteiger partial charge in [-0.05, 0) is 37.3 Å². The number of hydrogen-bond donors (Lipinski definition) is 2. The van der Waals surface area contributed by atoms with E-state index in [1.54, 1.807) is 0 Å². The van der Waals surface area contributed by atoms with Crippen LogP contribution in [0.25, 0.3) is 0 Å². The summed E-state index contributed by atoms with van der Waals surface area (Å²) >= 11 is 0. The van der Waals surface area contributed by atoms with Crippen molar-refractivity contribution in [2.45, 2.75) is 45.1 Å². The first-order valence-electron chi connectivity index (χ1n) is 7.15. The maximum Gasteiger partial charge on any atom is 0.220 e. The Balaban J connectivity index is 1.80. The molecule has 0 radical (unpaired) electrons. The predicted molar refractivity (Wildman–Crippen MR) is 75.9 cm³/mol. The number of aliphatic hydroxyl groups excluding tert-OH is 1. The average molecular weight is 261 g/mol. The monoisotopic (exact) mass is 261 g/mol. The molecule has 0 spiro atoms. The first-order chi connectivity index (χ1) is 9.20. The summed E-state index contributed by atoms with van der Waals surface area (Å²) in [7, 11) is 0. The van der Waals surface area contributed by atoms with E-state index in [0.29, 0.717) is 6.42 Å². The van der Waals surface area contributed by atoms with E-state index in [4.69, 9.17) is 0 Å². The average Bonchev–Trinajstić information content (AvgIpc) is 2.85. The lowest BCUT2D eigenvalue weighted by molar-refractivity contribution is -0.122. The lowest BCUT2D eigenvalue weighted by atomic mass is 10.0. The summed E-state index contributed by atoms with van der Waals surface area (Å²) < 4.78 is 0. The van der Waals surface area contributed by atoms with Crippen LogP contribution >= 0.6 is 0 Å². The van der Waals surface area contributed by atoms with Crippen LogP contribution in [0.3, 0.4) is 0 Å². The van der Waals surface area contributed by atoms with Gasteiger partial charge in [0.05, 0.1) is 0 Å². The molecule has 2 atom stereocenters. The Labute approximate surface area is 115 Å². The molecule has 1 aromatic carbocycles. The summed E-state index contributed by atoms with van der Waals surface area (Å²) in [4.78, 5) is 12.0. The number of benzene rings is 1. The third kappa shape index (κ3) is 3.80. The van der Waals surface area contributed by atoms with Crippen LogP contribution in [0, 0.1) is 12.8 Å². The molecule has 104 valence electrons. The Kier molecular flexibility index (Phi) is 4.97. The van der Waals surface area contributed by atoms with Crippen molar-refractivity contribution in [1.82, 2.24) is 5.32 Å². The van der Waals surface area contributed by atoms with Crippen LogP contribution in [0.2, 0.25) is 0 Å². The van der Waals surface area contributed by atoms with Gasteiger partial charge in [0.15, 0.2) is 0 Å². The Bertz CT molecular complexity index is 431. The minimum absolute atomic E-state index is 0.105. The molecule has 0 aromatic heterocycles. The zero-order valence-electron chi connectivity index (χ0n) is 11.6. The molecule has 3 heteroatoms. The lowest BCUT2D eigenvalue weighted by Crippen LogP contribution is -2.38. The predicted octanol–water partition coefficient (Wildman–Crippen LogP) is 2.20. The van der Waals surface area contributed by atoms with Gasteiger partial charge >= 0.3 is 0 Å². The van der Waals surface area contributed by atoms with Gasteiger partial charge in [0.2, 0.25) is 5.91 Å². The molecule has 1 saturated carbocycles. The van der Waals surface area contributed by atoms with E-state index in [-0.39, 0.29) is 24.5 Å². The molecule has 1 fully saturated rings. The molecule has 2 unspecified atom stereocenters. The summed E-state index contributed by atoms with van der Waals surface area (Å²) in [6.07, 6.45) is 4.45. The molecular formula is C16H23NO2. The quantitative estimate of drug-likeness (QED) is 0.853. The third-order valence-electron chi connectivity index (χ3n) is 4.12. The van der Waals surface area contributed by atoms with Crippen LogP contribution < -0.4 is 5.32 Å². The minimum Gasteiger partial charge on any atom is -0.396 e. The van der Waals surface area contributed by atoms with Crippen LogP contribution in [0.5, 0.6) is 0 Å². The minimum atomic E-state index is 0.105. The number of nitrogens with one attached hydrogen (secondary N) is 1. The van der Waals surface area contributed by atoms with Crippen molar-refractivity contribution in [2.24, 2.45) is 5.92 Å². The fourth-order valence-electron chi connectivity index (χ4n) is 2.86. The number of aliphatic hydroxyl groups is 1. The zero-order chi connectivity index (χ0) is 13.7. The van der Waals surface area contributed by atoms with Crippen LogP contribution in [0.15, 0.2) is 24.3 Å². The molecule has 3 nitrogen and oxygen atoms in total. The smallest absolute Gasteiger partial charge is 0.220 e. The molecule has 1 aromatic rings. The van der Waals surface area contributed by atoms with Gasteiger partial charge < -0.3 is 10.4 Å². The van der Waals surface area contributed by atoms with Crippen molar-refractivity contribution < 1.29 is 9.90 Å². The molecular weight excluding hydrogens is 238 g/mol. The summed E-state index contributed by atoms with van der Waals surface area (Å²) in [5, 5.41) is 12.3. The van der Waals surface area contributed by atoms with Crippen LogP contribution in [0.1, 0.15) is 36.8 Å². The first kappa shape index (κ1) is 14.1. The van der Waals surface area contributed by atoms with Crippen molar-refractivity contribution in [2.75, 3.05) is 6.61 Å². The third-order valence-corrected chi connectivity index (χ3v) is 4.12. The van der Waals surface area contributed by atoms with Gasteiger partial charge in [-0.25, -0.2) is 0 Å². The van der Waals surface area contributed by atoms with Crippen molar-refractivity contribution in [3.8, 4) is 0 Å². The topological polar surface area (TPSA) is 49.3 Å². The summed E-state index contributed by atoms with van der Waals surface area (Å²) in [6, 6.07) is 8.36. The number of carbonyl (C=O) groups excluding carboxylic acids is 1. The van der Waals surface area contributed by atoms with E-state index in [1.807, 2.05) is 12.1 Å². The van der Waals surface area contributed by atoms with E-state index in [1.165, 1.54) is 11.1 Å². The van der Waals surface area contributed by atoms with Crippen LogP contribution in [-0.2, 0) is 11.2 Å². The lowest BCUT2D eigenvalue weighted by Gasteiger charge is -2.19. The van der Waals surface area contributed by atoms with E-state index >= 15 is 0 Å². The van der Waals surface area contributed by atoms with Gasteiger partial charge in [-0.2, -0.15) is 0 Å². The Morgan fingerprint density at radius 1 is 1.37 bits per heavy atom.